The van der Waals surface area contributed by atoms with Gasteiger partial charge in [0.15, 0.2) is 0 Å². The number of rotatable bonds is 3. The Hall–Kier alpha value is -0.130. The number of nitrogens with one attached hydrogen (secondary N) is 1. The molecule has 2 unspecified atom stereocenters. The third kappa shape index (κ3) is 2.41. The van der Waals surface area contributed by atoms with Crippen molar-refractivity contribution in [3.8, 4) is 0 Å². The van der Waals surface area contributed by atoms with Crippen molar-refractivity contribution in [1.82, 2.24) is 5.32 Å². The summed E-state index contributed by atoms with van der Waals surface area (Å²) in [6.45, 7) is 3.96. The van der Waals surface area contributed by atoms with Crippen molar-refractivity contribution in [1.29, 1.82) is 0 Å². The molecule has 2 nitrogen and oxygen atoms in total. The Balaban J connectivity index is 2.28. The normalized spacial score (nSPS) is 22.3. The molecule has 2 atom stereocenters. The second-order valence-corrected chi connectivity index (χ2v) is 5.45. The lowest BCUT2D eigenvalue weighted by atomic mass is 9.92. The van der Waals surface area contributed by atoms with Gasteiger partial charge in [0.2, 0.25) is 0 Å². The zero-order chi connectivity index (χ0) is 11.5. The monoisotopic (exact) mass is 331 g/mol. The average molecular weight is 331 g/mol. The molecule has 1 fully saturated rings. The van der Waals surface area contributed by atoms with Crippen molar-refractivity contribution >= 4 is 22.6 Å². The number of hydrogen-bond donors (Lipinski definition) is 1. The number of ether oxygens (including phenoxy) is 1. The predicted molar refractivity (Wildman–Crippen MR) is 74.6 cm³/mol. The Kier molecular flexibility index (Phi) is 4.21. The Morgan fingerprint density at radius 2 is 2.31 bits per heavy atom. The molecule has 0 bridgehead atoms. The molecule has 1 aliphatic rings. The van der Waals surface area contributed by atoms with Gasteiger partial charge >= 0.3 is 0 Å². The molecule has 1 N–H and O–H groups in total. The zero-order valence-electron chi connectivity index (χ0n) is 9.79. The smallest absolute Gasteiger partial charge is 0.0513 e. The largest absolute Gasteiger partial charge is 0.381 e. The molecule has 0 aromatic heterocycles. The maximum atomic E-state index is 5.49. The van der Waals surface area contributed by atoms with E-state index in [-0.39, 0.29) is 0 Å². The Labute approximate surface area is 111 Å². The van der Waals surface area contributed by atoms with Crippen molar-refractivity contribution in [2.24, 2.45) is 5.92 Å². The highest BCUT2D eigenvalue weighted by molar-refractivity contribution is 14.1. The van der Waals surface area contributed by atoms with Crippen LogP contribution in [0.3, 0.4) is 0 Å². The molecule has 16 heavy (non-hydrogen) atoms. The van der Waals surface area contributed by atoms with E-state index < -0.39 is 0 Å². The summed E-state index contributed by atoms with van der Waals surface area (Å²) < 4.78 is 6.87. The summed E-state index contributed by atoms with van der Waals surface area (Å²) in [6, 6.07) is 6.97. The van der Waals surface area contributed by atoms with Crippen molar-refractivity contribution < 1.29 is 4.74 Å². The van der Waals surface area contributed by atoms with E-state index in [1.807, 2.05) is 7.05 Å². The lowest BCUT2D eigenvalue weighted by molar-refractivity contribution is 0.177. The van der Waals surface area contributed by atoms with Crippen molar-refractivity contribution in [2.75, 3.05) is 20.3 Å². The van der Waals surface area contributed by atoms with E-state index in [1.165, 1.54) is 14.7 Å². The molecule has 3 heteroatoms. The minimum atomic E-state index is 0.425. The quantitative estimate of drug-likeness (QED) is 0.860. The first kappa shape index (κ1) is 12.3. The number of aryl methyl sites for hydroxylation is 1. The molecule has 0 amide bonds. The van der Waals surface area contributed by atoms with Gasteiger partial charge in [0, 0.05) is 22.1 Å². The van der Waals surface area contributed by atoms with Gasteiger partial charge < -0.3 is 10.1 Å². The molecule has 0 spiro atoms. The van der Waals surface area contributed by atoms with Crippen LogP contribution < -0.4 is 5.32 Å². The first-order valence-electron chi connectivity index (χ1n) is 5.74. The second-order valence-electron chi connectivity index (χ2n) is 4.37. The average Bonchev–Trinajstić information content (AvgIpc) is 2.79. The molecule has 1 aromatic rings. The van der Waals surface area contributed by atoms with E-state index in [4.69, 9.17) is 4.74 Å². The molecule has 0 aliphatic carbocycles. The summed E-state index contributed by atoms with van der Waals surface area (Å²) in [6.07, 6.45) is 1.16. The third-order valence-corrected chi connectivity index (χ3v) is 4.78. The number of hydrogen-bond acceptors (Lipinski definition) is 2. The van der Waals surface area contributed by atoms with Gasteiger partial charge in [-0.25, -0.2) is 0 Å². The van der Waals surface area contributed by atoms with Crippen LogP contribution in [0, 0.1) is 16.4 Å². The van der Waals surface area contributed by atoms with Gasteiger partial charge in [-0.1, -0.05) is 18.2 Å². The molecule has 1 aromatic carbocycles. The zero-order valence-corrected chi connectivity index (χ0v) is 12.0. The molecule has 1 heterocycles. The Morgan fingerprint density at radius 1 is 1.50 bits per heavy atom. The van der Waals surface area contributed by atoms with Crippen molar-refractivity contribution in [3.63, 3.8) is 0 Å². The van der Waals surface area contributed by atoms with Gasteiger partial charge in [-0.05, 0) is 54.1 Å². The molecule has 1 aliphatic heterocycles. The first-order chi connectivity index (χ1) is 7.74. The van der Waals surface area contributed by atoms with E-state index in [1.54, 1.807) is 0 Å². The molecular weight excluding hydrogens is 313 g/mol. The van der Waals surface area contributed by atoms with Gasteiger partial charge in [0.1, 0.15) is 0 Å². The van der Waals surface area contributed by atoms with Crippen LogP contribution >= 0.6 is 22.6 Å². The summed E-state index contributed by atoms with van der Waals surface area (Å²) in [7, 11) is 2.04. The fraction of sp³-hybridized carbons (Fsp3) is 0.538. The van der Waals surface area contributed by atoms with Crippen molar-refractivity contribution in [2.45, 2.75) is 19.4 Å². The van der Waals surface area contributed by atoms with Crippen LogP contribution in [0.25, 0.3) is 0 Å². The summed E-state index contributed by atoms with van der Waals surface area (Å²) >= 11 is 2.45. The molecule has 1 saturated heterocycles. The maximum absolute atomic E-state index is 5.49. The number of benzene rings is 1. The minimum absolute atomic E-state index is 0.425. The molecule has 0 radical (unpaired) electrons. The van der Waals surface area contributed by atoms with E-state index in [0.29, 0.717) is 12.0 Å². The van der Waals surface area contributed by atoms with E-state index in [2.05, 4.69) is 53.0 Å². The summed E-state index contributed by atoms with van der Waals surface area (Å²) in [5, 5.41) is 3.44. The maximum Gasteiger partial charge on any atom is 0.0513 e. The SMILES string of the molecule is CNC(c1cccc(C)c1I)C1CCOC1. The van der Waals surface area contributed by atoms with Gasteiger partial charge in [-0.3, -0.25) is 0 Å². The van der Waals surface area contributed by atoms with Gasteiger partial charge in [0.05, 0.1) is 6.61 Å². The van der Waals surface area contributed by atoms with E-state index >= 15 is 0 Å². The van der Waals surface area contributed by atoms with Crippen LogP contribution in [0.4, 0.5) is 0 Å². The van der Waals surface area contributed by atoms with Crippen LogP contribution in [0.1, 0.15) is 23.6 Å². The third-order valence-electron chi connectivity index (χ3n) is 3.30. The minimum Gasteiger partial charge on any atom is -0.381 e. The highest BCUT2D eigenvalue weighted by atomic mass is 127. The van der Waals surface area contributed by atoms with E-state index in [9.17, 15) is 0 Å². The standard InChI is InChI=1S/C13H18INO/c1-9-4-3-5-11(12(9)14)13(15-2)10-6-7-16-8-10/h3-5,10,13,15H,6-8H2,1-2H3. The van der Waals surface area contributed by atoms with Crippen LogP contribution in [-0.2, 0) is 4.74 Å². The van der Waals surface area contributed by atoms with Gasteiger partial charge in [0.25, 0.3) is 0 Å². The Bertz CT molecular complexity index is 361. The number of halogens is 1. The Morgan fingerprint density at radius 3 is 2.94 bits per heavy atom. The van der Waals surface area contributed by atoms with Crippen LogP contribution in [0.5, 0.6) is 0 Å². The summed E-state index contributed by atoms with van der Waals surface area (Å²) in [5.41, 5.74) is 2.77. The lowest BCUT2D eigenvalue weighted by Gasteiger charge is -2.24. The van der Waals surface area contributed by atoms with Crippen LogP contribution in [0.15, 0.2) is 18.2 Å². The van der Waals surface area contributed by atoms with E-state index in [0.717, 1.165) is 19.6 Å². The fourth-order valence-electron chi connectivity index (χ4n) is 2.37. The second kappa shape index (κ2) is 5.47. The van der Waals surface area contributed by atoms with Crippen molar-refractivity contribution in [3.05, 3.63) is 32.9 Å². The molecule has 0 saturated carbocycles. The highest BCUT2D eigenvalue weighted by Gasteiger charge is 2.27. The predicted octanol–water partition coefficient (Wildman–Crippen LogP) is 2.90. The molecular formula is C13H18INO. The summed E-state index contributed by atoms with van der Waals surface area (Å²) in [4.78, 5) is 0. The molecule has 2 rings (SSSR count). The van der Waals surface area contributed by atoms with Gasteiger partial charge in [-0.2, -0.15) is 0 Å². The topological polar surface area (TPSA) is 21.3 Å². The van der Waals surface area contributed by atoms with Crippen LogP contribution in [-0.4, -0.2) is 20.3 Å². The molecule has 88 valence electrons. The first-order valence-corrected chi connectivity index (χ1v) is 6.82. The van der Waals surface area contributed by atoms with Gasteiger partial charge in [-0.15, -0.1) is 0 Å². The van der Waals surface area contributed by atoms with Crippen LogP contribution in [0.2, 0.25) is 0 Å². The fourth-order valence-corrected chi connectivity index (χ4v) is 3.07. The highest BCUT2D eigenvalue weighted by Crippen LogP contribution is 2.32. The lowest BCUT2D eigenvalue weighted by Crippen LogP contribution is -2.26. The summed E-state index contributed by atoms with van der Waals surface area (Å²) in [5.74, 6) is 0.611.